The van der Waals surface area contributed by atoms with Crippen molar-refractivity contribution < 1.29 is 19.2 Å². The molecule has 0 bridgehead atoms. The van der Waals surface area contributed by atoms with E-state index in [9.17, 15) is 14.4 Å². The fourth-order valence-corrected chi connectivity index (χ4v) is 4.01. The summed E-state index contributed by atoms with van der Waals surface area (Å²) in [5.74, 6) is -0.829. The van der Waals surface area contributed by atoms with Gasteiger partial charge in [-0.05, 0) is 43.4 Å². The Balaban J connectivity index is 1.81. The van der Waals surface area contributed by atoms with Gasteiger partial charge in [-0.25, -0.2) is 9.78 Å². The Hall–Kier alpha value is -1.58. The lowest BCUT2D eigenvalue weighted by molar-refractivity contribution is -0.200. The molecule has 1 aliphatic heterocycles. The van der Waals surface area contributed by atoms with Crippen LogP contribution in [0, 0.1) is 0 Å². The lowest BCUT2D eigenvalue weighted by atomic mass is 10.2. The van der Waals surface area contributed by atoms with Crippen LogP contribution >= 0.6 is 21.6 Å². The van der Waals surface area contributed by atoms with E-state index in [-0.39, 0.29) is 12.8 Å². The molecule has 0 aliphatic carbocycles. The summed E-state index contributed by atoms with van der Waals surface area (Å²) in [6, 6.07) is 5.16. The van der Waals surface area contributed by atoms with E-state index < -0.39 is 23.8 Å². The van der Waals surface area contributed by atoms with Crippen molar-refractivity contribution in [3.63, 3.8) is 0 Å². The van der Waals surface area contributed by atoms with Gasteiger partial charge in [-0.15, -0.1) is 5.06 Å². The maximum Gasteiger partial charge on any atom is 0.350 e. The molecule has 1 atom stereocenters. The second-order valence-corrected chi connectivity index (χ2v) is 7.77. The number of hydrogen-bond acceptors (Lipinski definition) is 8. The van der Waals surface area contributed by atoms with Crippen molar-refractivity contribution in [2.75, 3.05) is 19.8 Å². The normalized spacial score (nSPS) is 15.9. The molecule has 1 unspecified atom stereocenters. The van der Waals surface area contributed by atoms with E-state index in [1.165, 1.54) is 10.8 Å². The van der Waals surface area contributed by atoms with Crippen molar-refractivity contribution in [1.82, 2.24) is 14.9 Å². The summed E-state index contributed by atoms with van der Waals surface area (Å²) < 4.78 is 0. The van der Waals surface area contributed by atoms with Crippen molar-refractivity contribution in [3.8, 4) is 0 Å². The third kappa shape index (κ3) is 5.22. The van der Waals surface area contributed by atoms with Crippen LogP contribution in [0.2, 0.25) is 0 Å². The monoisotopic (exact) mass is 369 g/mol. The first-order valence-corrected chi connectivity index (χ1v) is 9.75. The maximum atomic E-state index is 12.3. The number of amides is 2. The summed E-state index contributed by atoms with van der Waals surface area (Å²) in [5.41, 5.74) is 0. The van der Waals surface area contributed by atoms with E-state index in [0.717, 1.165) is 5.03 Å². The van der Waals surface area contributed by atoms with Crippen molar-refractivity contribution >= 4 is 39.4 Å². The highest BCUT2D eigenvalue weighted by atomic mass is 33.1. The van der Waals surface area contributed by atoms with Gasteiger partial charge < -0.3 is 4.84 Å². The molecule has 130 valence electrons. The zero-order chi connectivity index (χ0) is 17.5. The number of hydrogen-bond donors (Lipinski definition) is 0. The number of carbonyl (C=O) groups is 3. The quantitative estimate of drug-likeness (QED) is 0.389. The molecule has 0 aromatic carbocycles. The number of nitrogens with zero attached hydrogens (tertiary/aromatic N) is 3. The van der Waals surface area contributed by atoms with E-state index in [4.69, 9.17) is 4.84 Å². The van der Waals surface area contributed by atoms with Gasteiger partial charge in [-0.3, -0.25) is 14.5 Å². The lowest BCUT2D eigenvalue weighted by Gasteiger charge is -2.23. The third-order valence-electron chi connectivity index (χ3n) is 3.34. The van der Waals surface area contributed by atoms with Crippen LogP contribution in [-0.4, -0.2) is 58.6 Å². The molecule has 1 aromatic heterocycles. The molecule has 0 saturated carbocycles. The average Bonchev–Trinajstić information content (AvgIpc) is 2.87. The first-order valence-electron chi connectivity index (χ1n) is 7.43. The molecule has 1 fully saturated rings. The number of pyridine rings is 1. The van der Waals surface area contributed by atoms with Gasteiger partial charge in [-0.1, -0.05) is 16.9 Å². The molecule has 2 heterocycles. The van der Waals surface area contributed by atoms with Gasteiger partial charge in [0.25, 0.3) is 11.8 Å². The van der Waals surface area contributed by atoms with Crippen molar-refractivity contribution in [3.05, 3.63) is 24.4 Å². The van der Waals surface area contributed by atoms with E-state index in [2.05, 4.69) is 4.98 Å². The largest absolute Gasteiger partial charge is 0.350 e. The standard InChI is InChI=1S/C15H19N3O4S2/c1-17(2)11(8-10-23-24-12-5-3-4-9-16-12)15(21)22-18-13(19)6-7-14(18)20/h3-5,9,11H,6-8,10H2,1-2H3. The predicted octanol–water partition coefficient (Wildman–Crippen LogP) is 1.75. The topological polar surface area (TPSA) is 79.8 Å². The molecule has 0 radical (unpaired) electrons. The molecule has 7 nitrogen and oxygen atoms in total. The van der Waals surface area contributed by atoms with Gasteiger partial charge in [0, 0.05) is 24.8 Å². The lowest BCUT2D eigenvalue weighted by Crippen LogP contribution is -2.42. The molecular weight excluding hydrogens is 350 g/mol. The minimum absolute atomic E-state index is 0.0926. The van der Waals surface area contributed by atoms with Gasteiger partial charge >= 0.3 is 5.97 Å². The summed E-state index contributed by atoms with van der Waals surface area (Å²) in [6.45, 7) is 0. The fourth-order valence-electron chi connectivity index (χ4n) is 2.05. The molecule has 1 aliphatic rings. The molecule has 9 heteroatoms. The van der Waals surface area contributed by atoms with Crippen LogP contribution in [0.3, 0.4) is 0 Å². The summed E-state index contributed by atoms with van der Waals surface area (Å²) in [5, 5.41) is 1.49. The van der Waals surface area contributed by atoms with Gasteiger partial charge in [0.2, 0.25) is 0 Å². The molecule has 24 heavy (non-hydrogen) atoms. The Bertz CT molecular complexity index is 582. The number of aromatic nitrogens is 1. The molecule has 1 aromatic rings. The summed E-state index contributed by atoms with van der Waals surface area (Å²) in [7, 11) is 6.64. The molecule has 0 N–H and O–H groups in total. The Kier molecular flexibility index (Phi) is 7.07. The molecule has 0 spiro atoms. The Morgan fingerprint density at radius 3 is 2.62 bits per heavy atom. The van der Waals surface area contributed by atoms with Crippen LogP contribution in [-0.2, 0) is 19.2 Å². The smallest absolute Gasteiger partial charge is 0.329 e. The van der Waals surface area contributed by atoms with Crippen LogP contribution in [0.15, 0.2) is 29.4 Å². The highest BCUT2D eigenvalue weighted by Crippen LogP contribution is 2.30. The Morgan fingerprint density at radius 1 is 1.33 bits per heavy atom. The minimum Gasteiger partial charge on any atom is -0.329 e. The van der Waals surface area contributed by atoms with Gasteiger partial charge in [0.15, 0.2) is 0 Å². The Morgan fingerprint density at radius 2 is 2.04 bits per heavy atom. The van der Waals surface area contributed by atoms with E-state index in [1.807, 2.05) is 18.2 Å². The Labute approximate surface area is 148 Å². The summed E-state index contributed by atoms with van der Waals surface area (Å²) >= 11 is 0. The molecule has 2 amide bonds. The SMILES string of the molecule is CN(C)C(CCSSc1ccccn1)C(=O)ON1C(=O)CCC1=O. The number of rotatable bonds is 8. The van der Waals surface area contributed by atoms with Crippen LogP contribution < -0.4 is 0 Å². The van der Waals surface area contributed by atoms with Gasteiger partial charge in [-0.2, -0.15) is 0 Å². The van der Waals surface area contributed by atoms with Crippen molar-refractivity contribution in [1.29, 1.82) is 0 Å². The number of carbonyl (C=O) groups excluding carboxylic acids is 3. The second-order valence-electron chi connectivity index (χ2n) is 5.33. The van der Waals surface area contributed by atoms with Crippen LogP contribution in [0.1, 0.15) is 19.3 Å². The predicted molar refractivity (Wildman–Crippen MR) is 91.8 cm³/mol. The number of imide groups is 1. The first-order chi connectivity index (χ1) is 11.5. The fraction of sp³-hybridized carbons (Fsp3) is 0.467. The molecular formula is C15H19N3O4S2. The highest BCUT2D eigenvalue weighted by molar-refractivity contribution is 8.76. The van der Waals surface area contributed by atoms with Crippen molar-refractivity contribution in [2.24, 2.45) is 0 Å². The number of likely N-dealkylation sites (N-methyl/N-ethyl adjacent to an activating group) is 1. The summed E-state index contributed by atoms with van der Waals surface area (Å²) in [4.78, 5) is 46.2. The summed E-state index contributed by atoms with van der Waals surface area (Å²) in [6.07, 6.45) is 2.45. The van der Waals surface area contributed by atoms with E-state index in [0.29, 0.717) is 17.2 Å². The van der Waals surface area contributed by atoms with Gasteiger partial charge in [0.1, 0.15) is 11.1 Å². The second kappa shape index (κ2) is 9.05. The first kappa shape index (κ1) is 18.8. The zero-order valence-corrected chi connectivity index (χ0v) is 15.1. The number of hydroxylamine groups is 2. The molecule has 2 rings (SSSR count). The van der Waals surface area contributed by atoms with Crippen molar-refractivity contribution in [2.45, 2.75) is 30.3 Å². The highest BCUT2D eigenvalue weighted by Gasteiger charge is 2.35. The average molecular weight is 369 g/mol. The van der Waals surface area contributed by atoms with E-state index >= 15 is 0 Å². The zero-order valence-electron chi connectivity index (χ0n) is 13.5. The van der Waals surface area contributed by atoms with Gasteiger partial charge in [0.05, 0.1) is 0 Å². The van der Waals surface area contributed by atoms with Crippen LogP contribution in [0.25, 0.3) is 0 Å². The molecule has 1 saturated heterocycles. The maximum absolute atomic E-state index is 12.3. The van der Waals surface area contributed by atoms with E-state index in [1.54, 1.807) is 36.0 Å². The third-order valence-corrected chi connectivity index (χ3v) is 5.64. The van der Waals surface area contributed by atoms with Crippen LogP contribution in [0.5, 0.6) is 0 Å². The minimum atomic E-state index is -0.591. The van der Waals surface area contributed by atoms with Crippen LogP contribution in [0.4, 0.5) is 0 Å².